The minimum absolute atomic E-state index is 0.283. The maximum absolute atomic E-state index is 12.8. The summed E-state index contributed by atoms with van der Waals surface area (Å²) in [6.45, 7) is 6.93. The number of nitrogens with one attached hydrogen (secondary N) is 1. The van der Waals surface area contributed by atoms with E-state index in [0.29, 0.717) is 6.42 Å². The van der Waals surface area contributed by atoms with Crippen LogP contribution < -0.4 is 0 Å². The van der Waals surface area contributed by atoms with Gasteiger partial charge in [0.25, 0.3) is 0 Å². The fourth-order valence-corrected chi connectivity index (χ4v) is 4.77. The highest BCUT2D eigenvalue weighted by Gasteiger charge is 2.20. The van der Waals surface area contributed by atoms with E-state index < -0.39 is 0 Å². The SMILES string of the molecule is CCN1CCN(C(=O)CCCc2c(-c3ccc4ccccc4n3)[nH]c3ccccc23)CC1. The summed E-state index contributed by atoms with van der Waals surface area (Å²) in [6.07, 6.45) is 2.29. The van der Waals surface area contributed by atoms with Crippen LogP contribution in [0.1, 0.15) is 25.3 Å². The molecule has 0 aliphatic carbocycles. The number of benzene rings is 2. The second-order valence-electron chi connectivity index (χ2n) is 8.58. The third-order valence-corrected chi connectivity index (χ3v) is 6.66. The van der Waals surface area contributed by atoms with E-state index in [2.05, 4.69) is 65.3 Å². The zero-order valence-electron chi connectivity index (χ0n) is 18.7. The van der Waals surface area contributed by atoms with Crippen molar-refractivity contribution < 1.29 is 4.79 Å². The van der Waals surface area contributed by atoms with Gasteiger partial charge in [-0.3, -0.25) is 4.79 Å². The molecule has 32 heavy (non-hydrogen) atoms. The molecule has 5 nitrogen and oxygen atoms in total. The highest BCUT2D eigenvalue weighted by Crippen LogP contribution is 2.31. The molecule has 0 bridgehead atoms. The Kier molecular flexibility index (Phi) is 5.91. The van der Waals surface area contributed by atoms with Crippen LogP contribution in [0.4, 0.5) is 0 Å². The molecule has 2 aromatic heterocycles. The Bertz CT molecular complexity index is 1240. The van der Waals surface area contributed by atoms with Crippen LogP contribution in [0, 0.1) is 0 Å². The van der Waals surface area contributed by atoms with E-state index in [1.54, 1.807) is 0 Å². The van der Waals surface area contributed by atoms with E-state index in [1.165, 1.54) is 10.9 Å². The van der Waals surface area contributed by atoms with Crippen molar-refractivity contribution in [2.45, 2.75) is 26.2 Å². The van der Waals surface area contributed by atoms with Gasteiger partial charge >= 0.3 is 0 Å². The van der Waals surface area contributed by atoms with Crippen molar-refractivity contribution in [3.63, 3.8) is 0 Å². The third kappa shape index (κ3) is 4.13. The average molecular weight is 427 g/mol. The van der Waals surface area contributed by atoms with Gasteiger partial charge in [-0.25, -0.2) is 4.98 Å². The molecule has 1 saturated heterocycles. The molecule has 4 aromatic rings. The van der Waals surface area contributed by atoms with Crippen LogP contribution in [0.5, 0.6) is 0 Å². The standard InChI is InChI=1S/C27H30N4O/c1-2-30-16-18-31(19-17-30)26(32)13-7-10-22-21-9-4-6-12-24(21)29-27(22)25-15-14-20-8-3-5-11-23(20)28-25/h3-6,8-9,11-12,14-15,29H,2,7,10,13,16-19H2,1H3. The Hall–Kier alpha value is -3.18. The first-order valence-corrected chi connectivity index (χ1v) is 11.7. The molecule has 1 aliphatic rings. The Morgan fingerprint density at radius 3 is 2.59 bits per heavy atom. The summed E-state index contributed by atoms with van der Waals surface area (Å²) in [5.41, 5.74) is 5.40. The van der Waals surface area contributed by atoms with E-state index in [1.807, 2.05) is 17.0 Å². The number of amides is 1. The fraction of sp³-hybridized carbons (Fsp3) is 0.333. The first kappa shape index (κ1) is 20.7. The van der Waals surface area contributed by atoms with Crippen molar-refractivity contribution in [2.75, 3.05) is 32.7 Å². The lowest BCUT2D eigenvalue weighted by Gasteiger charge is -2.34. The van der Waals surface area contributed by atoms with Gasteiger partial charge in [0.05, 0.1) is 16.9 Å². The summed E-state index contributed by atoms with van der Waals surface area (Å²) in [5, 5.41) is 2.36. The number of likely N-dealkylation sites (N-methyl/N-ethyl adjacent to an activating group) is 1. The second kappa shape index (κ2) is 9.13. The number of piperazine rings is 1. The number of fused-ring (bicyclic) bond motifs is 2. The maximum atomic E-state index is 12.8. The number of aromatic nitrogens is 2. The zero-order valence-corrected chi connectivity index (χ0v) is 18.7. The van der Waals surface area contributed by atoms with Gasteiger partial charge in [-0.05, 0) is 43.1 Å². The molecule has 5 heteroatoms. The van der Waals surface area contributed by atoms with Gasteiger partial charge in [0, 0.05) is 48.9 Å². The van der Waals surface area contributed by atoms with Crippen LogP contribution in [-0.2, 0) is 11.2 Å². The van der Waals surface area contributed by atoms with Gasteiger partial charge < -0.3 is 14.8 Å². The average Bonchev–Trinajstić information content (AvgIpc) is 3.22. The number of aryl methyl sites for hydroxylation is 1. The number of H-pyrrole nitrogens is 1. The second-order valence-corrected chi connectivity index (χ2v) is 8.58. The van der Waals surface area contributed by atoms with E-state index in [4.69, 9.17) is 4.98 Å². The molecular weight excluding hydrogens is 396 g/mol. The molecular formula is C27H30N4O. The summed E-state index contributed by atoms with van der Waals surface area (Å²) < 4.78 is 0. The highest BCUT2D eigenvalue weighted by atomic mass is 16.2. The van der Waals surface area contributed by atoms with Crippen molar-refractivity contribution in [1.82, 2.24) is 19.8 Å². The number of carbonyl (C=O) groups is 1. The van der Waals surface area contributed by atoms with Crippen molar-refractivity contribution >= 4 is 27.7 Å². The maximum Gasteiger partial charge on any atom is 0.222 e. The molecule has 0 atom stereocenters. The molecule has 5 rings (SSSR count). The highest BCUT2D eigenvalue weighted by molar-refractivity contribution is 5.91. The van der Waals surface area contributed by atoms with Gasteiger partial charge in [0.2, 0.25) is 5.91 Å². The predicted octanol–water partition coefficient (Wildman–Crippen LogP) is 4.87. The molecule has 0 unspecified atom stereocenters. The molecule has 1 fully saturated rings. The van der Waals surface area contributed by atoms with E-state index in [9.17, 15) is 4.79 Å². The van der Waals surface area contributed by atoms with Crippen molar-refractivity contribution in [2.24, 2.45) is 0 Å². The summed E-state index contributed by atoms with van der Waals surface area (Å²) in [7, 11) is 0. The summed E-state index contributed by atoms with van der Waals surface area (Å²) >= 11 is 0. The van der Waals surface area contributed by atoms with Crippen molar-refractivity contribution in [1.29, 1.82) is 0 Å². The molecule has 0 saturated carbocycles. The minimum atomic E-state index is 0.283. The lowest BCUT2D eigenvalue weighted by atomic mass is 10.0. The monoisotopic (exact) mass is 426 g/mol. The molecule has 2 aromatic carbocycles. The van der Waals surface area contributed by atoms with Gasteiger partial charge in [-0.15, -0.1) is 0 Å². The largest absolute Gasteiger partial charge is 0.353 e. The summed E-state index contributed by atoms with van der Waals surface area (Å²) in [4.78, 5) is 25.7. The minimum Gasteiger partial charge on any atom is -0.353 e. The molecule has 164 valence electrons. The third-order valence-electron chi connectivity index (χ3n) is 6.66. The molecule has 1 N–H and O–H groups in total. The number of carbonyl (C=O) groups excluding carboxylic acids is 1. The Balaban J connectivity index is 1.36. The smallest absolute Gasteiger partial charge is 0.222 e. The lowest BCUT2D eigenvalue weighted by molar-refractivity contribution is -0.133. The van der Waals surface area contributed by atoms with E-state index in [0.717, 1.165) is 73.4 Å². The fourth-order valence-electron chi connectivity index (χ4n) is 4.77. The van der Waals surface area contributed by atoms with Crippen molar-refractivity contribution in [3.05, 3.63) is 66.2 Å². The van der Waals surface area contributed by atoms with Gasteiger partial charge in [-0.2, -0.15) is 0 Å². The number of para-hydroxylation sites is 2. The van der Waals surface area contributed by atoms with E-state index >= 15 is 0 Å². The Morgan fingerprint density at radius 2 is 1.75 bits per heavy atom. The lowest BCUT2D eigenvalue weighted by Crippen LogP contribution is -2.48. The Labute approximate surface area is 189 Å². The topological polar surface area (TPSA) is 52.2 Å². The number of hydrogen-bond acceptors (Lipinski definition) is 3. The molecule has 0 radical (unpaired) electrons. The molecule has 1 amide bonds. The first-order valence-electron chi connectivity index (χ1n) is 11.7. The quantitative estimate of drug-likeness (QED) is 0.479. The van der Waals surface area contributed by atoms with Crippen LogP contribution in [0.3, 0.4) is 0 Å². The summed E-state index contributed by atoms with van der Waals surface area (Å²) in [5.74, 6) is 0.283. The number of hydrogen-bond donors (Lipinski definition) is 1. The van der Waals surface area contributed by atoms with Gasteiger partial charge in [0.1, 0.15) is 0 Å². The molecule has 0 spiro atoms. The number of rotatable bonds is 6. The van der Waals surface area contributed by atoms with Crippen LogP contribution >= 0.6 is 0 Å². The van der Waals surface area contributed by atoms with Crippen LogP contribution in [0.2, 0.25) is 0 Å². The van der Waals surface area contributed by atoms with E-state index in [-0.39, 0.29) is 5.91 Å². The Morgan fingerprint density at radius 1 is 0.969 bits per heavy atom. The molecule has 1 aliphatic heterocycles. The first-order chi connectivity index (χ1) is 15.7. The number of pyridine rings is 1. The number of aromatic amines is 1. The molecule has 3 heterocycles. The van der Waals surface area contributed by atoms with Crippen LogP contribution in [-0.4, -0.2) is 58.4 Å². The summed E-state index contributed by atoms with van der Waals surface area (Å²) in [6, 6.07) is 20.8. The number of nitrogens with zero attached hydrogens (tertiary/aromatic N) is 3. The van der Waals surface area contributed by atoms with Crippen LogP contribution in [0.25, 0.3) is 33.2 Å². The van der Waals surface area contributed by atoms with Gasteiger partial charge in [0.15, 0.2) is 0 Å². The van der Waals surface area contributed by atoms with Crippen LogP contribution in [0.15, 0.2) is 60.7 Å². The zero-order chi connectivity index (χ0) is 21.9. The van der Waals surface area contributed by atoms with Gasteiger partial charge in [-0.1, -0.05) is 49.4 Å². The normalized spacial score (nSPS) is 15.0. The van der Waals surface area contributed by atoms with Crippen molar-refractivity contribution in [3.8, 4) is 11.4 Å². The predicted molar refractivity (Wildman–Crippen MR) is 131 cm³/mol.